The Hall–Kier alpha value is -1.94. The van der Waals surface area contributed by atoms with Crippen LogP contribution in [0.1, 0.15) is 12.0 Å². The first-order chi connectivity index (χ1) is 10.2. The van der Waals surface area contributed by atoms with Crippen molar-refractivity contribution in [3.05, 3.63) is 52.8 Å². The number of nitrogens with one attached hydrogen (secondary N) is 1. The number of fused-ring (bicyclic) bond motifs is 1. The topological polar surface area (TPSA) is 30.5 Å². The third-order valence-electron chi connectivity index (χ3n) is 3.24. The summed E-state index contributed by atoms with van der Waals surface area (Å²) in [6.45, 7) is 1.76. The van der Waals surface area contributed by atoms with E-state index in [2.05, 4.69) is 5.32 Å². The standard InChI is InChI=1S/C16H15ClFNO2/c17-12-3-1-4-13(18)16(12)19-10-11-5-6-14-15(9-11)21-8-2-7-20-14/h1,3-6,9,19H,2,7-8,10H2. The van der Waals surface area contributed by atoms with E-state index in [0.717, 1.165) is 23.5 Å². The summed E-state index contributed by atoms with van der Waals surface area (Å²) in [7, 11) is 0. The fourth-order valence-corrected chi connectivity index (χ4v) is 2.40. The lowest BCUT2D eigenvalue weighted by Gasteiger charge is -2.12. The van der Waals surface area contributed by atoms with Crippen molar-refractivity contribution >= 4 is 17.3 Å². The summed E-state index contributed by atoms with van der Waals surface area (Å²) in [5.74, 6) is 1.11. The molecule has 0 spiro atoms. The number of halogens is 2. The van der Waals surface area contributed by atoms with Gasteiger partial charge >= 0.3 is 0 Å². The smallest absolute Gasteiger partial charge is 0.161 e. The van der Waals surface area contributed by atoms with E-state index in [1.165, 1.54) is 6.07 Å². The van der Waals surface area contributed by atoms with Gasteiger partial charge in [0.05, 0.1) is 23.9 Å². The zero-order valence-electron chi connectivity index (χ0n) is 11.4. The Morgan fingerprint density at radius 3 is 2.71 bits per heavy atom. The van der Waals surface area contributed by atoms with Crippen LogP contribution >= 0.6 is 11.6 Å². The van der Waals surface area contributed by atoms with E-state index >= 15 is 0 Å². The summed E-state index contributed by atoms with van der Waals surface area (Å²) in [5, 5.41) is 3.38. The molecule has 3 rings (SSSR count). The molecule has 0 amide bonds. The molecule has 0 bridgehead atoms. The van der Waals surface area contributed by atoms with Gasteiger partial charge in [-0.15, -0.1) is 0 Å². The van der Waals surface area contributed by atoms with Crippen molar-refractivity contribution in [1.82, 2.24) is 0 Å². The van der Waals surface area contributed by atoms with E-state index in [4.69, 9.17) is 21.1 Å². The van der Waals surface area contributed by atoms with E-state index in [1.54, 1.807) is 12.1 Å². The minimum absolute atomic E-state index is 0.311. The highest BCUT2D eigenvalue weighted by atomic mass is 35.5. The molecular weight excluding hydrogens is 293 g/mol. The molecule has 0 fully saturated rings. The Bertz CT molecular complexity index is 628. The second-order valence-corrected chi connectivity index (χ2v) is 5.19. The van der Waals surface area contributed by atoms with Crippen LogP contribution in [0.3, 0.4) is 0 Å². The van der Waals surface area contributed by atoms with Gasteiger partial charge in [-0.25, -0.2) is 4.39 Å². The summed E-state index contributed by atoms with van der Waals surface area (Å²) in [4.78, 5) is 0. The highest BCUT2D eigenvalue weighted by molar-refractivity contribution is 6.33. The van der Waals surface area contributed by atoms with Crippen LogP contribution in [-0.4, -0.2) is 13.2 Å². The molecule has 1 heterocycles. The fraction of sp³-hybridized carbons (Fsp3) is 0.250. The molecule has 0 aliphatic carbocycles. The molecule has 3 nitrogen and oxygen atoms in total. The molecule has 21 heavy (non-hydrogen) atoms. The van der Waals surface area contributed by atoms with Crippen molar-refractivity contribution in [1.29, 1.82) is 0 Å². The van der Waals surface area contributed by atoms with Crippen LogP contribution < -0.4 is 14.8 Å². The highest BCUT2D eigenvalue weighted by Crippen LogP contribution is 2.31. The lowest BCUT2D eigenvalue weighted by Crippen LogP contribution is -2.03. The first-order valence-electron chi connectivity index (χ1n) is 6.80. The predicted octanol–water partition coefficient (Wildman–Crippen LogP) is 4.25. The minimum atomic E-state index is -0.364. The van der Waals surface area contributed by atoms with Gasteiger partial charge in [0, 0.05) is 13.0 Å². The van der Waals surface area contributed by atoms with Crippen LogP contribution in [0.4, 0.5) is 10.1 Å². The summed E-state index contributed by atoms with van der Waals surface area (Å²) in [6, 6.07) is 10.3. The molecule has 0 atom stereocenters. The first kappa shape index (κ1) is 14.0. The van der Waals surface area contributed by atoms with Gasteiger partial charge < -0.3 is 14.8 Å². The Morgan fingerprint density at radius 2 is 1.90 bits per heavy atom. The molecule has 1 aliphatic rings. The normalized spacial score (nSPS) is 13.6. The predicted molar refractivity (Wildman–Crippen MR) is 80.8 cm³/mol. The number of para-hydroxylation sites is 1. The summed E-state index contributed by atoms with van der Waals surface area (Å²) in [6.07, 6.45) is 0.868. The molecule has 1 N–H and O–H groups in total. The second-order valence-electron chi connectivity index (χ2n) is 4.78. The van der Waals surface area contributed by atoms with E-state index in [-0.39, 0.29) is 5.82 Å². The average molecular weight is 308 g/mol. The number of hydrogen-bond donors (Lipinski definition) is 1. The Kier molecular flexibility index (Phi) is 4.15. The maximum absolute atomic E-state index is 13.7. The summed E-state index contributed by atoms with van der Waals surface area (Å²) < 4.78 is 24.9. The first-order valence-corrected chi connectivity index (χ1v) is 7.18. The lowest BCUT2D eigenvalue weighted by molar-refractivity contribution is 0.297. The van der Waals surface area contributed by atoms with Crippen LogP contribution in [0.15, 0.2) is 36.4 Å². The Balaban J connectivity index is 1.75. The van der Waals surface area contributed by atoms with Gasteiger partial charge in [-0.2, -0.15) is 0 Å². The second kappa shape index (κ2) is 6.22. The van der Waals surface area contributed by atoms with Crippen molar-refractivity contribution in [2.75, 3.05) is 18.5 Å². The number of hydrogen-bond acceptors (Lipinski definition) is 3. The van der Waals surface area contributed by atoms with Crippen LogP contribution in [0.2, 0.25) is 5.02 Å². The van der Waals surface area contributed by atoms with Gasteiger partial charge in [0.2, 0.25) is 0 Å². The Morgan fingerprint density at radius 1 is 1.10 bits per heavy atom. The van der Waals surface area contributed by atoms with E-state index in [1.807, 2.05) is 18.2 Å². The van der Waals surface area contributed by atoms with Crippen molar-refractivity contribution < 1.29 is 13.9 Å². The zero-order valence-corrected chi connectivity index (χ0v) is 12.1. The van der Waals surface area contributed by atoms with Gasteiger partial charge in [-0.1, -0.05) is 23.7 Å². The maximum Gasteiger partial charge on any atom is 0.161 e. The maximum atomic E-state index is 13.7. The highest BCUT2D eigenvalue weighted by Gasteiger charge is 2.11. The van der Waals surface area contributed by atoms with Crippen molar-refractivity contribution in [2.24, 2.45) is 0 Å². The zero-order chi connectivity index (χ0) is 14.7. The monoisotopic (exact) mass is 307 g/mol. The molecule has 0 saturated carbocycles. The number of rotatable bonds is 3. The molecule has 110 valence electrons. The molecule has 0 unspecified atom stereocenters. The van der Waals surface area contributed by atoms with E-state index in [0.29, 0.717) is 30.5 Å². The van der Waals surface area contributed by atoms with Gasteiger partial charge in [0.25, 0.3) is 0 Å². The van der Waals surface area contributed by atoms with Crippen molar-refractivity contribution in [3.8, 4) is 11.5 Å². The van der Waals surface area contributed by atoms with Gasteiger partial charge in [-0.05, 0) is 29.8 Å². The molecule has 2 aromatic rings. The molecule has 0 radical (unpaired) electrons. The largest absolute Gasteiger partial charge is 0.490 e. The Labute approximate surface area is 127 Å². The quantitative estimate of drug-likeness (QED) is 0.919. The van der Waals surface area contributed by atoms with Gasteiger partial charge in [0.1, 0.15) is 5.82 Å². The average Bonchev–Trinajstić information content (AvgIpc) is 2.71. The summed E-state index contributed by atoms with van der Waals surface area (Å²) in [5.41, 5.74) is 1.28. The minimum Gasteiger partial charge on any atom is -0.490 e. The van der Waals surface area contributed by atoms with Crippen molar-refractivity contribution in [3.63, 3.8) is 0 Å². The molecule has 1 aliphatic heterocycles. The SMILES string of the molecule is Fc1cccc(Cl)c1NCc1ccc2c(c1)OCCCO2. The fourth-order valence-electron chi connectivity index (χ4n) is 2.17. The number of benzene rings is 2. The van der Waals surface area contributed by atoms with Crippen LogP contribution in [-0.2, 0) is 6.54 Å². The van der Waals surface area contributed by atoms with Gasteiger partial charge in [0.15, 0.2) is 11.5 Å². The van der Waals surface area contributed by atoms with E-state index in [9.17, 15) is 4.39 Å². The van der Waals surface area contributed by atoms with Crippen LogP contribution in [0.25, 0.3) is 0 Å². The van der Waals surface area contributed by atoms with E-state index < -0.39 is 0 Å². The number of anilines is 1. The molecule has 0 saturated heterocycles. The lowest BCUT2D eigenvalue weighted by atomic mass is 10.2. The van der Waals surface area contributed by atoms with Crippen LogP contribution in [0.5, 0.6) is 11.5 Å². The van der Waals surface area contributed by atoms with Gasteiger partial charge in [-0.3, -0.25) is 0 Å². The molecule has 0 aromatic heterocycles. The summed E-state index contributed by atoms with van der Waals surface area (Å²) >= 11 is 5.99. The van der Waals surface area contributed by atoms with Crippen LogP contribution in [0, 0.1) is 5.82 Å². The third-order valence-corrected chi connectivity index (χ3v) is 3.56. The van der Waals surface area contributed by atoms with Crippen molar-refractivity contribution in [2.45, 2.75) is 13.0 Å². The number of ether oxygens (including phenoxy) is 2. The molecular formula is C16H15ClFNO2. The molecule has 5 heteroatoms. The third kappa shape index (κ3) is 3.22. The molecule has 2 aromatic carbocycles.